The molecule has 0 aliphatic heterocycles. The molecule has 0 aliphatic rings. The Bertz CT molecular complexity index is 288. The van der Waals surface area contributed by atoms with Crippen molar-refractivity contribution in [1.29, 1.82) is 5.26 Å². The molecule has 4 nitrogen and oxygen atoms in total. The molecule has 0 fully saturated rings. The van der Waals surface area contributed by atoms with Gasteiger partial charge >= 0.3 is 7.60 Å². The predicted octanol–water partition coefficient (Wildman–Crippen LogP) is 3.11. The lowest BCUT2D eigenvalue weighted by molar-refractivity contribution is 0.206. The summed E-state index contributed by atoms with van der Waals surface area (Å²) in [4.78, 5) is 0. The van der Waals surface area contributed by atoms with Crippen molar-refractivity contribution in [1.82, 2.24) is 0 Å². The van der Waals surface area contributed by atoms with Crippen LogP contribution in [0.5, 0.6) is 0 Å². The molecule has 0 N–H and O–H groups in total. The Morgan fingerprint density at radius 1 is 1.47 bits per heavy atom. The summed E-state index contributed by atoms with van der Waals surface area (Å²) in [6.45, 7) is 9.06. The number of hydrogen-bond acceptors (Lipinski definition) is 4. The number of nitrogens with zero attached hydrogens (tertiary/aromatic N) is 1. The van der Waals surface area contributed by atoms with Gasteiger partial charge in [-0.25, -0.2) is 0 Å². The van der Waals surface area contributed by atoms with E-state index in [-0.39, 0.29) is 19.6 Å². The third-order valence-corrected chi connectivity index (χ3v) is 4.67. The summed E-state index contributed by atoms with van der Waals surface area (Å²) in [6, 6.07) is 2.01. The first-order valence-electron chi connectivity index (χ1n) is 4.91. The summed E-state index contributed by atoms with van der Waals surface area (Å²) in [6.07, 6.45) is 1.83. The van der Waals surface area contributed by atoms with Crippen molar-refractivity contribution in [2.45, 2.75) is 32.3 Å². The Hall–Kier alpha value is -0.620. The molecule has 0 aliphatic carbocycles. The first-order valence-corrected chi connectivity index (χ1v) is 6.45. The van der Waals surface area contributed by atoms with Crippen LogP contribution in [-0.4, -0.2) is 18.4 Å². The molecule has 0 amide bonds. The zero-order chi connectivity index (χ0) is 11.9. The Kier molecular flexibility index (Phi) is 5.82. The molecule has 0 bridgehead atoms. The normalized spacial score (nSPS) is 15.3. The molecule has 5 heteroatoms. The molecule has 0 saturated carbocycles. The van der Waals surface area contributed by atoms with Gasteiger partial charge in [0.2, 0.25) is 0 Å². The second-order valence-corrected chi connectivity index (χ2v) is 5.71. The van der Waals surface area contributed by atoms with Gasteiger partial charge in [0, 0.05) is 0 Å². The van der Waals surface area contributed by atoms with Crippen LogP contribution in [0, 0.1) is 11.3 Å². The topological polar surface area (TPSA) is 59.3 Å². The maximum absolute atomic E-state index is 12.3. The Morgan fingerprint density at radius 2 is 1.93 bits per heavy atom. The van der Waals surface area contributed by atoms with Crippen molar-refractivity contribution in [2.24, 2.45) is 0 Å². The Balaban J connectivity index is 5.11. The third-order valence-electron chi connectivity index (χ3n) is 1.99. The molecule has 0 aromatic heterocycles. The van der Waals surface area contributed by atoms with Crippen molar-refractivity contribution >= 4 is 7.60 Å². The quantitative estimate of drug-likeness (QED) is 0.499. The molecule has 0 saturated heterocycles. The SMILES string of the molecule is C=CC[C@](C)(C#N)P(=O)(OCC)OCC. The van der Waals surface area contributed by atoms with Crippen LogP contribution in [0.2, 0.25) is 0 Å². The van der Waals surface area contributed by atoms with Gasteiger partial charge < -0.3 is 9.05 Å². The molecule has 0 rings (SSSR count). The minimum absolute atomic E-state index is 0.256. The van der Waals surface area contributed by atoms with Gasteiger partial charge in [-0.3, -0.25) is 4.57 Å². The second kappa shape index (κ2) is 6.07. The standard InChI is InChI=1S/C10H18NO3P/c1-5-8-10(4,9-11)15(12,13-6-2)14-7-3/h5H,1,6-8H2,2-4H3/t10-/m1/s1. The molecule has 1 atom stereocenters. The van der Waals surface area contributed by atoms with E-state index in [0.717, 1.165) is 0 Å². The van der Waals surface area contributed by atoms with Gasteiger partial charge in [0.15, 0.2) is 5.16 Å². The van der Waals surface area contributed by atoms with Crippen LogP contribution in [0.1, 0.15) is 27.2 Å². The maximum Gasteiger partial charge on any atom is 0.350 e. The van der Waals surface area contributed by atoms with E-state index < -0.39 is 12.8 Å². The summed E-state index contributed by atoms with van der Waals surface area (Å²) < 4.78 is 22.6. The summed E-state index contributed by atoms with van der Waals surface area (Å²) in [5.74, 6) is 0. The van der Waals surface area contributed by atoms with Crippen molar-refractivity contribution in [3.05, 3.63) is 12.7 Å². The minimum Gasteiger partial charge on any atom is -0.308 e. The van der Waals surface area contributed by atoms with Crippen LogP contribution in [0.15, 0.2) is 12.7 Å². The average Bonchev–Trinajstić information content (AvgIpc) is 2.18. The van der Waals surface area contributed by atoms with E-state index in [0.29, 0.717) is 0 Å². The maximum atomic E-state index is 12.3. The minimum atomic E-state index is -3.39. The molecular formula is C10H18NO3P. The molecule has 0 aromatic rings. The van der Waals surface area contributed by atoms with E-state index in [4.69, 9.17) is 14.3 Å². The molecule has 0 aromatic carbocycles. The fourth-order valence-corrected chi connectivity index (χ4v) is 2.96. The molecular weight excluding hydrogens is 213 g/mol. The zero-order valence-electron chi connectivity index (χ0n) is 9.52. The lowest BCUT2D eigenvalue weighted by Crippen LogP contribution is -2.24. The van der Waals surface area contributed by atoms with Gasteiger partial charge in [-0.15, -0.1) is 6.58 Å². The van der Waals surface area contributed by atoms with Crippen LogP contribution in [0.4, 0.5) is 0 Å². The highest BCUT2D eigenvalue weighted by Gasteiger charge is 2.46. The zero-order valence-corrected chi connectivity index (χ0v) is 10.4. The highest BCUT2D eigenvalue weighted by atomic mass is 31.2. The van der Waals surface area contributed by atoms with Gasteiger partial charge in [0.25, 0.3) is 0 Å². The highest BCUT2D eigenvalue weighted by molar-refractivity contribution is 7.56. The fourth-order valence-electron chi connectivity index (χ4n) is 1.16. The number of rotatable bonds is 7. The van der Waals surface area contributed by atoms with E-state index >= 15 is 0 Å². The smallest absolute Gasteiger partial charge is 0.308 e. The van der Waals surface area contributed by atoms with E-state index in [1.54, 1.807) is 26.8 Å². The highest BCUT2D eigenvalue weighted by Crippen LogP contribution is 2.61. The fraction of sp³-hybridized carbons (Fsp3) is 0.700. The predicted molar refractivity (Wildman–Crippen MR) is 59.7 cm³/mol. The van der Waals surface area contributed by atoms with Crippen LogP contribution >= 0.6 is 7.60 Å². The number of nitriles is 1. The Morgan fingerprint density at radius 3 is 2.20 bits per heavy atom. The molecule has 0 spiro atoms. The van der Waals surface area contributed by atoms with E-state index in [2.05, 4.69) is 6.58 Å². The van der Waals surface area contributed by atoms with Crippen LogP contribution in [-0.2, 0) is 13.6 Å². The third kappa shape index (κ3) is 3.17. The molecule has 86 valence electrons. The summed E-state index contributed by atoms with van der Waals surface area (Å²) in [5, 5.41) is 7.92. The van der Waals surface area contributed by atoms with Crippen LogP contribution in [0.3, 0.4) is 0 Å². The monoisotopic (exact) mass is 231 g/mol. The van der Waals surface area contributed by atoms with Crippen molar-refractivity contribution in [3.8, 4) is 6.07 Å². The lowest BCUT2D eigenvalue weighted by atomic mass is 10.1. The summed E-state index contributed by atoms with van der Waals surface area (Å²) in [5.41, 5.74) is 0. The van der Waals surface area contributed by atoms with Gasteiger partial charge in [0.05, 0.1) is 19.3 Å². The molecule has 0 unspecified atom stereocenters. The molecule has 0 heterocycles. The van der Waals surface area contributed by atoms with Crippen molar-refractivity contribution < 1.29 is 13.6 Å². The van der Waals surface area contributed by atoms with Crippen molar-refractivity contribution in [3.63, 3.8) is 0 Å². The van der Waals surface area contributed by atoms with Crippen LogP contribution < -0.4 is 0 Å². The van der Waals surface area contributed by atoms with Gasteiger partial charge in [-0.1, -0.05) is 6.08 Å². The Labute approximate surface area is 91.4 Å². The average molecular weight is 231 g/mol. The van der Waals surface area contributed by atoms with E-state index in [1.807, 2.05) is 6.07 Å². The van der Waals surface area contributed by atoms with Gasteiger partial charge in [0.1, 0.15) is 0 Å². The van der Waals surface area contributed by atoms with E-state index in [9.17, 15) is 4.57 Å². The van der Waals surface area contributed by atoms with Crippen molar-refractivity contribution in [2.75, 3.05) is 13.2 Å². The first kappa shape index (κ1) is 14.4. The number of hydrogen-bond donors (Lipinski definition) is 0. The van der Waals surface area contributed by atoms with Crippen LogP contribution in [0.25, 0.3) is 0 Å². The first-order chi connectivity index (χ1) is 6.99. The molecule has 15 heavy (non-hydrogen) atoms. The van der Waals surface area contributed by atoms with Gasteiger partial charge in [-0.2, -0.15) is 5.26 Å². The number of allylic oxidation sites excluding steroid dienone is 1. The van der Waals surface area contributed by atoms with Gasteiger partial charge in [-0.05, 0) is 27.2 Å². The largest absolute Gasteiger partial charge is 0.350 e. The summed E-state index contributed by atoms with van der Waals surface area (Å²) in [7, 11) is -3.39. The molecule has 0 radical (unpaired) electrons. The summed E-state index contributed by atoms with van der Waals surface area (Å²) >= 11 is 0. The second-order valence-electron chi connectivity index (χ2n) is 3.21. The lowest BCUT2D eigenvalue weighted by Gasteiger charge is -2.29. The van der Waals surface area contributed by atoms with E-state index in [1.165, 1.54) is 0 Å².